The van der Waals surface area contributed by atoms with E-state index in [1.54, 1.807) is 7.11 Å². The lowest BCUT2D eigenvalue weighted by molar-refractivity contribution is -0.0759. The molecular weight excluding hydrogens is 188 g/mol. The van der Waals surface area contributed by atoms with E-state index in [0.717, 1.165) is 12.8 Å². The summed E-state index contributed by atoms with van der Waals surface area (Å²) in [5.41, 5.74) is 0.267. The van der Waals surface area contributed by atoms with Gasteiger partial charge in [0.05, 0.1) is 12.2 Å². The second kappa shape index (κ2) is 5.31. The lowest BCUT2D eigenvalue weighted by atomic mass is 9.81. The molecule has 0 aromatic heterocycles. The maximum atomic E-state index is 10.1. The molecule has 0 heterocycles. The van der Waals surface area contributed by atoms with E-state index in [1.165, 1.54) is 0 Å². The van der Waals surface area contributed by atoms with Gasteiger partial charge in [-0.1, -0.05) is 41.5 Å². The predicted octanol–water partition coefficient (Wildman–Crippen LogP) is 3.23. The van der Waals surface area contributed by atoms with Crippen molar-refractivity contribution in [3.8, 4) is 0 Å². The van der Waals surface area contributed by atoms with Crippen molar-refractivity contribution in [1.82, 2.24) is 0 Å². The Bertz CT molecular complexity index is 174. The molecule has 2 unspecified atom stereocenters. The summed E-state index contributed by atoms with van der Waals surface area (Å²) in [4.78, 5) is 0. The van der Waals surface area contributed by atoms with E-state index in [1.807, 2.05) is 0 Å². The average Bonchev–Trinajstić information content (AvgIpc) is 1.98. The normalized spacial score (nSPS) is 17.6. The highest BCUT2D eigenvalue weighted by Gasteiger charge is 2.31. The smallest absolute Gasteiger partial charge is 0.0878 e. The van der Waals surface area contributed by atoms with Crippen LogP contribution in [0.1, 0.15) is 54.4 Å². The van der Waals surface area contributed by atoms with Gasteiger partial charge in [-0.15, -0.1) is 0 Å². The maximum absolute atomic E-state index is 10.1. The van der Waals surface area contributed by atoms with Gasteiger partial charge in [-0.25, -0.2) is 0 Å². The number of hydrogen-bond donors (Lipinski definition) is 1. The SMILES string of the molecule is COC(C(O)CCC(C)(C)C)C(C)(C)C. The van der Waals surface area contributed by atoms with Crippen molar-refractivity contribution in [3.05, 3.63) is 0 Å². The van der Waals surface area contributed by atoms with Crippen molar-refractivity contribution in [2.24, 2.45) is 10.8 Å². The molecule has 0 aliphatic carbocycles. The summed E-state index contributed by atoms with van der Waals surface area (Å²) in [5.74, 6) is 0. The van der Waals surface area contributed by atoms with Crippen LogP contribution in [-0.2, 0) is 4.74 Å². The van der Waals surface area contributed by atoms with E-state index in [4.69, 9.17) is 4.74 Å². The van der Waals surface area contributed by atoms with Gasteiger partial charge in [0.25, 0.3) is 0 Å². The van der Waals surface area contributed by atoms with Crippen molar-refractivity contribution in [2.45, 2.75) is 66.6 Å². The van der Waals surface area contributed by atoms with Crippen molar-refractivity contribution in [3.63, 3.8) is 0 Å². The molecule has 0 aliphatic heterocycles. The molecule has 0 aromatic rings. The molecule has 0 amide bonds. The van der Waals surface area contributed by atoms with Gasteiger partial charge in [0.15, 0.2) is 0 Å². The molecule has 15 heavy (non-hydrogen) atoms. The summed E-state index contributed by atoms with van der Waals surface area (Å²) in [6.45, 7) is 12.9. The molecule has 2 heteroatoms. The minimum absolute atomic E-state index is 0.00789. The van der Waals surface area contributed by atoms with Crippen LogP contribution in [-0.4, -0.2) is 24.4 Å². The van der Waals surface area contributed by atoms with Crippen LogP contribution >= 0.6 is 0 Å². The molecule has 92 valence electrons. The minimum Gasteiger partial charge on any atom is -0.390 e. The third kappa shape index (κ3) is 6.16. The maximum Gasteiger partial charge on any atom is 0.0878 e. The van der Waals surface area contributed by atoms with Crippen LogP contribution in [0.25, 0.3) is 0 Å². The highest BCUT2D eigenvalue weighted by atomic mass is 16.5. The van der Waals surface area contributed by atoms with E-state index < -0.39 is 0 Å². The Hall–Kier alpha value is -0.0800. The molecule has 0 aliphatic rings. The molecule has 0 bridgehead atoms. The summed E-state index contributed by atoms with van der Waals surface area (Å²) in [5, 5.41) is 10.1. The van der Waals surface area contributed by atoms with Gasteiger partial charge in [0.1, 0.15) is 0 Å². The summed E-state index contributed by atoms with van der Waals surface area (Å²) in [6.07, 6.45) is 1.37. The van der Waals surface area contributed by atoms with Crippen LogP contribution in [0.4, 0.5) is 0 Å². The van der Waals surface area contributed by atoms with Crippen LogP contribution in [0.5, 0.6) is 0 Å². The van der Waals surface area contributed by atoms with E-state index in [9.17, 15) is 5.11 Å². The first-order valence-corrected chi connectivity index (χ1v) is 5.79. The fourth-order valence-corrected chi connectivity index (χ4v) is 1.82. The van der Waals surface area contributed by atoms with Crippen LogP contribution in [0, 0.1) is 10.8 Å². The zero-order valence-corrected chi connectivity index (χ0v) is 11.4. The second-order valence-corrected chi connectivity index (χ2v) is 6.69. The van der Waals surface area contributed by atoms with E-state index in [-0.39, 0.29) is 23.0 Å². The first-order valence-electron chi connectivity index (χ1n) is 5.79. The third-order valence-electron chi connectivity index (χ3n) is 2.65. The molecule has 0 saturated heterocycles. The molecule has 0 fully saturated rings. The molecule has 0 aromatic carbocycles. The molecule has 0 saturated carbocycles. The fraction of sp³-hybridized carbons (Fsp3) is 1.00. The van der Waals surface area contributed by atoms with Crippen molar-refractivity contribution in [2.75, 3.05) is 7.11 Å². The predicted molar refractivity (Wildman–Crippen MR) is 64.9 cm³/mol. The van der Waals surface area contributed by atoms with E-state index in [0.29, 0.717) is 0 Å². The number of methoxy groups -OCH3 is 1. The van der Waals surface area contributed by atoms with Gasteiger partial charge in [-0.05, 0) is 23.7 Å². The Balaban J connectivity index is 4.24. The Morgan fingerprint density at radius 3 is 1.80 bits per heavy atom. The summed E-state index contributed by atoms with van der Waals surface area (Å²) in [7, 11) is 1.68. The Morgan fingerprint density at radius 1 is 1.07 bits per heavy atom. The molecule has 2 nitrogen and oxygen atoms in total. The lowest BCUT2D eigenvalue weighted by Crippen LogP contribution is -2.39. The fourth-order valence-electron chi connectivity index (χ4n) is 1.82. The van der Waals surface area contributed by atoms with E-state index >= 15 is 0 Å². The third-order valence-corrected chi connectivity index (χ3v) is 2.65. The first kappa shape index (κ1) is 14.9. The van der Waals surface area contributed by atoms with Gasteiger partial charge in [0.2, 0.25) is 0 Å². The summed E-state index contributed by atoms with van der Waals surface area (Å²) >= 11 is 0. The number of aliphatic hydroxyl groups is 1. The Labute approximate surface area is 95.0 Å². The zero-order valence-electron chi connectivity index (χ0n) is 11.4. The second-order valence-electron chi connectivity index (χ2n) is 6.69. The summed E-state index contributed by atoms with van der Waals surface area (Å²) < 4.78 is 5.39. The lowest BCUT2D eigenvalue weighted by Gasteiger charge is -2.34. The highest BCUT2D eigenvalue weighted by Crippen LogP contribution is 2.29. The molecule has 0 spiro atoms. The first-order chi connectivity index (χ1) is 6.58. The van der Waals surface area contributed by atoms with Crippen molar-refractivity contribution >= 4 is 0 Å². The zero-order chi connectivity index (χ0) is 12.3. The van der Waals surface area contributed by atoms with Gasteiger partial charge in [-0.2, -0.15) is 0 Å². The molecular formula is C13H28O2. The monoisotopic (exact) mass is 216 g/mol. The molecule has 0 rings (SSSR count). The number of aliphatic hydroxyl groups excluding tert-OH is 1. The van der Waals surface area contributed by atoms with Gasteiger partial charge in [0, 0.05) is 7.11 Å². The average molecular weight is 216 g/mol. The van der Waals surface area contributed by atoms with Crippen molar-refractivity contribution in [1.29, 1.82) is 0 Å². The van der Waals surface area contributed by atoms with Crippen LogP contribution in [0.3, 0.4) is 0 Å². The quantitative estimate of drug-likeness (QED) is 0.781. The van der Waals surface area contributed by atoms with Crippen LogP contribution in [0.15, 0.2) is 0 Å². The topological polar surface area (TPSA) is 29.5 Å². The van der Waals surface area contributed by atoms with Crippen molar-refractivity contribution < 1.29 is 9.84 Å². The number of hydrogen-bond acceptors (Lipinski definition) is 2. The van der Waals surface area contributed by atoms with Gasteiger partial charge in [-0.3, -0.25) is 0 Å². The largest absolute Gasteiger partial charge is 0.390 e. The van der Waals surface area contributed by atoms with Gasteiger partial charge >= 0.3 is 0 Å². The highest BCUT2D eigenvalue weighted by molar-refractivity contribution is 4.82. The number of rotatable bonds is 4. The van der Waals surface area contributed by atoms with Gasteiger partial charge < -0.3 is 9.84 Å². The summed E-state index contributed by atoms with van der Waals surface area (Å²) in [6, 6.07) is 0. The Kier molecular flexibility index (Phi) is 5.28. The van der Waals surface area contributed by atoms with E-state index in [2.05, 4.69) is 41.5 Å². The standard InChI is InChI=1S/C13H28O2/c1-12(2,3)9-8-10(14)11(15-7)13(4,5)6/h10-11,14H,8-9H2,1-7H3. The Morgan fingerprint density at radius 2 is 1.53 bits per heavy atom. The minimum atomic E-state index is -0.366. The molecule has 1 N–H and O–H groups in total. The number of ether oxygens (including phenoxy) is 1. The molecule has 2 atom stereocenters. The van der Waals surface area contributed by atoms with Crippen LogP contribution < -0.4 is 0 Å². The van der Waals surface area contributed by atoms with Crippen LogP contribution in [0.2, 0.25) is 0 Å². The molecule has 0 radical (unpaired) electrons.